The lowest BCUT2D eigenvalue weighted by Gasteiger charge is -2.10. The van der Waals surface area contributed by atoms with E-state index in [1.807, 2.05) is 6.92 Å². The number of hydrogen-bond donors (Lipinski definition) is 1. The standard InChI is InChI=1S/C11H13ClN2O3S/c1-8-6-10(17-14-8)7-13-18(15,16)11-4-2-9(12)3-5-11/h2-5,10,13H,6-7H2,1H3. The number of benzene rings is 1. The minimum atomic E-state index is -3.52. The molecule has 1 N–H and O–H groups in total. The quantitative estimate of drug-likeness (QED) is 0.918. The Morgan fingerprint density at radius 3 is 2.67 bits per heavy atom. The lowest BCUT2D eigenvalue weighted by Crippen LogP contribution is -2.32. The molecule has 0 radical (unpaired) electrons. The second kappa shape index (κ2) is 5.26. The number of sulfonamides is 1. The van der Waals surface area contributed by atoms with Gasteiger partial charge in [0.05, 0.1) is 17.2 Å². The molecule has 1 atom stereocenters. The lowest BCUT2D eigenvalue weighted by atomic mass is 10.2. The minimum Gasteiger partial charge on any atom is -0.391 e. The van der Waals surface area contributed by atoms with Crippen LogP contribution in [0.5, 0.6) is 0 Å². The van der Waals surface area contributed by atoms with Gasteiger partial charge in [-0.3, -0.25) is 0 Å². The van der Waals surface area contributed by atoms with Gasteiger partial charge in [-0.15, -0.1) is 0 Å². The molecule has 1 unspecified atom stereocenters. The van der Waals surface area contributed by atoms with Crippen molar-refractivity contribution in [1.82, 2.24) is 4.72 Å². The van der Waals surface area contributed by atoms with E-state index < -0.39 is 10.0 Å². The maximum atomic E-state index is 11.9. The van der Waals surface area contributed by atoms with Gasteiger partial charge < -0.3 is 4.84 Å². The summed E-state index contributed by atoms with van der Waals surface area (Å²) in [5.41, 5.74) is 0.866. The Kier molecular flexibility index (Phi) is 3.89. The van der Waals surface area contributed by atoms with Crippen LogP contribution in [0, 0.1) is 0 Å². The van der Waals surface area contributed by atoms with Crippen molar-refractivity contribution in [2.24, 2.45) is 5.16 Å². The maximum Gasteiger partial charge on any atom is 0.240 e. The van der Waals surface area contributed by atoms with Gasteiger partial charge in [-0.25, -0.2) is 13.1 Å². The van der Waals surface area contributed by atoms with E-state index in [0.717, 1.165) is 5.71 Å². The number of halogens is 1. The number of nitrogens with one attached hydrogen (secondary N) is 1. The summed E-state index contributed by atoms with van der Waals surface area (Å²) in [5, 5.41) is 4.26. The molecule has 2 rings (SSSR count). The zero-order chi connectivity index (χ0) is 13.2. The smallest absolute Gasteiger partial charge is 0.240 e. The predicted molar refractivity (Wildman–Crippen MR) is 69.2 cm³/mol. The molecule has 0 saturated carbocycles. The Morgan fingerprint density at radius 2 is 2.11 bits per heavy atom. The summed E-state index contributed by atoms with van der Waals surface area (Å²) < 4.78 is 26.4. The van der Waals surface area contributed by atoms with Gasteiger partial charge in [-0.2, -0.15) is 0 Å². The fourth-order valence-corrected chi connectivity index (χ4v) is 2.77. The SMILES string of the molecule is CC1=NOC(CNS(=O)(=O)c2ccc(Cl)cc2)C1. The number of nitrogens with zero attached hydrogens (tertiary/aromatic N) is 1. The first-order chi connectivity index (χ1) is 8.47. The third-order valence-electron chi connectivity index (χ3n) is 2.51. The van der Waals surface area contributed by atoms with Gasteiger partial charge in [-0.05, 0) is 31.2 Å². The Morgan fingerprint density at radius 1 is 1.44 bits per heavy atom. The van der Waals surface area contributed by atoms with Gasteiger partial charge in [0, 0.05) is 11.4 Å². The molecule has 1 aliphatic rings. The zero-order valence-electron chi connectivity index (χ0n) is 9.76. The van der Waals surface area contributed by atoms with Crippen LogP contribution in [0.1, 0.15) is 13.3 Å². The van der Waals surface area contributed by atoms with E-state index in [9.17, 15) is 8.42 Å². The summed E-state index contributed by atoms with van der Waals surface area (Å²) in [5.74, 6) is 0. The van der Waals surface area contributed by atoms with Gasteiger partial charge in [0.1, 0.15) is 6.10 Å². The highest BCUT2D eigenvalue weighted by Gasteiger charge is 2.21. The van der Waals surface area contributed by atoms with Crippen molar-refractivity contribution in [1.29, 1.82) is 0 Å². The van der Waals surface area contributed by atoms with Crippen LogP contribution in [0.3, 0.4) is 0 Å². The summed E-state index contributed by atoms with van der Waals surface area (Å²) in [6, 6.07) is 5.99. The Hall–Kier alpha value is -1.11. The topological polar surface area (TPSA) is 67.8 Å². The number of hydrogen-bond acceptors (Lipinski definition) is 4. The van der Waals surface area contributed by atoms with E-state index in [0.29, 0.717) is 11.4 Å². The van der Waals surface area contributed by atoms with E-state index in [2.05, 4.69) is 9.88 Å². The monoisotopic (exact) mass is 288 g/mol. The normalized spacial score (nSPS) is 19.4. The molecule has 0 fully saturated rings. The highest BCUT2D eigenvalue weighted by Crippen LogP contribution is 2.15. The summed E-state index contributed by atoms with van der Waals surface area (Å²) in [4.78, 5) is 5.24. The van der Waals surface area contributed by atoms with E-state index >= 15 is 0 Å². The van der Waals surface area contributed by atoms with E-state index in [1.165, 1.54) is 24.3 Å². The summed E-state index contributed by atoms with van der Waals surface area (Å²) >= 11 is 5.71. The minimum absolute atomic E-state index is 0.183. The molecule has 1 heterocycles. The maximum absolute atomic E-state index is 11.9. The van der Waals surface area contributed by atoms with Crippen LogP contribution in [-0.4, -0.2) is 26.8 Å². The molecule has 0 aliphatic carbocycles. The van der Waals surface area contributed by atoms with Gasteiger partial charge in [0.2, 0.25) is 10.0 Å². The molecule has 0 aromatic heterocycles. The molecule has 1 aromatic carbocycles. The first kappa shape index (κ1) is 13.3. The van der Waals surface area contributed by atoms with Crippen molar-refractivity contribution in [2.75, 3.05) is 6.54 Å². The lowest BCUT2D eigenvalue weighted by molar-refractivity contribution is 0.0891. The van der Waals surface area contributed by atoms with Crippen LogP contribution in [0.15, 0.2) is 34.3 Å². The van der Waals surface area contributed by atoms with E-state index in [1.54, 1.807) is 0 Å². The molecule has 1 aliphatic heterocycles. The fourth-order valence-electron chi connectivity index (χ4n) is 1.58. The molecular formula is C11H13ClN2O3S. The van der Waals surface area contributed by atoms with Crippen LogP contribution in [0.2, 0.25) is 5.02 Å². The molecule has 1 aromatic rings. The molecule has 0 bridgehead atoms. The van der Waals surface area contributed by atoms with Crippen molar-refractivity contribution in [3.63, 3.8) is 0 Å². The summed E-state index contributed by atoms with van der Waals surface area (Å²) in [6.45, 7) is 2.04. The summed E-state index contributed by atoms with van der Waals surface area (Å²) in [6.07, 6.45) is 0.412. The van der Waals surface area contributed by atoms with Crippen LogP contribution in [0.25, 0.3) is 0 Å². The number of rotatable bonds is 4. The molecular weight excluding hydrogens is 276 g/mol. The van der Waals surface area contributed by atoms with Crippen molar-refractivity contribution in [3.05, 3.63) is 29.3 Å². The van der Waals surface area contributed by atoms with E-state index in [4.69, 9.17) is 16.4 Å². The second-order valence-electron chi connectivity index (χ2n) is 4.06. The highest BCUT2D eigenvalue weighted by molar-refractivity contribution is 7.89. The highest BCUT2D eigenvalue weighted by atomic mass is 35.5. The molecule has 7 heteroatoms. The third-order valence-corrected chi connectivity index (χ3v) is 4.20. The zero-order valence-corrected chi connectivity index (χ0v) is 11.3. The Bertz CT molecular complexity index is 554. The second-order valence-corrected chi connectivity index (χ2v) is 6.27. The van der Waals surface area contributed by atoms with Crippen molar-refractivity contribution >= 4 is 27.3 Å². The fraction of sp³-hybridized carbons (Fsp3) is 0.364. The van der Waals surface area contributed by atoms with Crippen LogP contribution >= 0.6 is 11.6 Å². The van der Waals surface area contributed by atoms with Crippen molar-refractivity contribution < 1.29 is 13.3 Å². The average molecular weight is 289 g/mol. The van der Waals surface area contributed by atoms with Gasteiger partial charge >= 0.3 is 0 Å². The van der Waals surface area contributed by atoms with E-state index in [-0.39, 0.29) is 17.5 Å². The molecule has 18 heavy (non-hydrogen) atoms. The molecule has 5 nitrogen and oxygen atoms in total. The summed E-state index contributed by atoms with van der Waals surface area (Å²) in [7, 11) is -3.52. The Labute approximate surface area is 111 Å². The third kappa shape index (κ3) is 3.22. The first-order valence-corrected chi connectivity index (χ1v) is 7.28. The van der Waals surface area contributed by atoms with Gasteiger partial charge in [0.25, 0.3) is 0 Å². The van der Waals surface area contributed by atoms with Gasteiger partial charge in [0.15, 0.2) is 0 Å². The average Bonchev–Trinajstić information content (AvgIpc) is 2.73. The molecule has 0 amide bonds. The van der Waals surface area contributed by atoms with Crippen molar-refractivity contribution in [2.45, 2.75) is 24.3 Å². The van der Waals surface area contributed by atoms with Crippen molar-refractivity contribution in [3.8, 4) is 0 Å². The predicted octanol–water partition coefficient (Wildman–Crippen LogP) is 1.78. The Balaban J connectivity index is 1.98. The first-order valence-electron chi connectivity index (χ1n) is 5.42. The molecule has 0 spiro atoms. The molecule has 0 saturated heterocycles. The van der Waals surface area contributed by atoms with Gasteiger partial charge in [-0.1, -0.05) is 16.8 Å². The molecule has 98 valence electrons. The van der Waals surface area contributed by atoms with Crippen LogP contribution in [-0.2, 0) is 14.9 Å². The van der Waals surface area contributed by atoms with Crippen LogP contribution in [0.4, 0.5) is 0 Å². The largest absolute Gasteiger partial charge is 0.391 e. The van der Waals surface area contributed by atoms with Crippen LogP contribution < -0.4 is 4.72 Å². The number of oxime groups is 1.